The Morgan fingerprint density at radius 1 is 1.24 bits per heavy atom. The van der Waals surface area contributed by atoms with Gasteiger partial charge in [-0.05, 0) is 31.4 Å². The normalized spacial score (nSPS) is 26.1. The van der Waals surface area contributed by atoms with Gasteiger partial charge in [-0.15, -0.1) is 0 Å². The predicted molar refractivity (Wildman–Crippen MR) is 93.1 cm³/mol. The van der Waals surface area contributed by atoms with Crippen molar-refractivity contribution < 1.29 is 9.18 Å². The summed E-state index contributed by atoms with van der Waals surface area (Å²) in [5, 5.41) is 6.67. The van der Waals surface area contributed by atoms with Crippen molar-refractivity contribution in [2.45, 2.75) is 50.7 Å². The smallest absolute Gasteiger partial charge is 0.225 e. The van der Waals surface area contributed by atoms with Crippen molar-refractivity contribution in [3.8, 4) is 11.3 Å². The van der Waals surface area contributed by atoms with E-state index in [2.05, 4.69) is 20.6 Å². The molecule has 25 heavy (non-hydrogen) atoms. The Kier molecular flexibility index (Phi) is 4.53. The number of carbonyl (C=O) groups is 1. The number of nitrogens with one attached hydrogen (secondary N) is 3. The summed E-state index contributed by atoms with van der Waals surface area (Å²) in [5.41, 5.74) is 1.59. The average Bonchev–Trinajstić information content (AvgIpc) is 3.09. The van der Waals surface area contributed by atoms with Crippen LogP contribution < -0.4 is 10.6 Å². The quantitative estimate of drug-likeness (QED) is 0.800. The number of aromatic amines is 1. The molecule has 2 heterocycles. The minimum absolute atomic E-state index is 0.00503. The molecule has 1 saturated heterocycles. The molecule has 1 aliphatic heterocycles. The van der Waals surface area contributed by atoms with Crippen molar-refractivity contribution in [2.24, 2.45) is 5.92 Å². The molecule has 1 aromatic carbocycles. The minimum atomic E-state index is -0.259. The molecule has 1 aliphatic carbocycles. The maximum atomic E-state index is 13.3. The summed E-state index contributed by atoms with van der Waals surface area (Å²) in [5.74, 6) is 0.910. The Hall–Kier alpha value is -2.21. The fraction of sp³-hybridized carbons (Fsp3) is 0.474. The molecule has 3 N–H and O–H groups in total. The highest BCUT2D eigenvalue weighted by atomic mass is 19.1. The number of aromatic nitrogens is 2. The number of benzene rings is 1. The minimum Gasteiger partial charge on any atom is -0.342 e. The van der Waals surface area contributed by atoms with E-state index in [0.29, 0.717) is 6.04 Å². The Bertz CT molecular complexity index is 759. The van der Waals surface area contributed by atoms with Crippen LogP contribution in [0.25, 0.3) is 11.3 Å². The van der Waals surface area contributed by atoms with Gasteiger partial charge in [-0.3, -0.25) is 10.1 Å². The molecule has 4 rings (SSSR count). The van der Waals surface area contributed by atoms with E-state index in [1.807, 2.05) is 6.07 Å². The lowest BCUT2D eigenvalue weighted by molar-refractivity contribution is -0.130. The highest BCUT2D eigenvalue weighted by Crippen LogP contribution is 2.27. The predicted octanol–water partition coefficient (Wildman–Crippen LogP) is 2.75. The van der Waals surface area contributed by atoms with Gasteiger partial charge < -0.3 is 10.3 Å². The fourth-order valence-corrected chi connectivity index (χ4v) is 3.95. The molecule has 132 valence electrons. The van der Waals surface area contributed by atoms with Crippen molar-refractivity contribution in [1.29, 1.82) is 0 Å². The molecule has 3 atom stereocenters. The van der Waals surface area contributed by atoms with Crippen LogP contribution in [-0.2, 0) is 11.2 Å². The van der Waals surface area contributed by atoms with E-state index in [4.69, 9.17) is 0 Å². The van der Waals surface area contributed by atoms with Crippen molar-refractivity contribution >= 4 is 5.91 Å². The second-order valence-electron chi connectivity index (χ2n) is 7.02. The molecule has 0 spiro atoms. The van der Waals surface area contributed by atoms with E-state index >= 15 is 0 Å². The summed E-state index contributed by atoms with van der Waals surface area (Å²) < 4.78 is 13.3. The largest absolute Gasteiger partial charge is 0.342 e. The number of aryl methyl sites for hydroxylation is 1. The molecule has 1 aromatic heterocycles. The second-order valence-corrected chi connectivity index (χ2v) is 7.02. The molecular weight excluding hydrogens is 319 g/mol. The number of H-pyrrole nitrogens is 1. The zero-order valence-corrected chi connectivity index (χ0v) is 14.1. The van der Waals surface area contributed by atoms with E-state index in [-0.39, 0.29) is 23.8 Å². The number of hydrogen-bond acceptors (Lipinski definition) is 3. The first-order valence-electron chi connectivity index (χ1n) is 9.05. The molecule has 5 nitrogen and oxygen atoms in total. The van der Waals surface area contributed by atoms with E-state index < -0.39 is 0 Å². The van der Waals surface area contributed by atoms with Crippen LogP contribution in [-0.4, -0.2) is 28.1 Å². The molecule has 1 amide bonds. The van der Waals surface area contributed by atoms with Crippen LogP contribution in [0.4, 0.5) is 4.39 Å². The van der Waals surface area contributed by atoms with Gasteiger partial charge in [0, 0.05) is 18.0 Å². The summed E-state index contributed by atoms with van der Waals surface area (Å²) in [6, 6.07) is 6.77. The van der Waals surface area contributed by atoms with Crippen LogP contribution in [0.2, 0.25) is 0 Å². The maximum absolute atomic E-state index is 13.3. The number of halogens is 1. The molecule has 0 bridgehead atoms. The molecule has 0 radical (unpaired) electrons. The van der Waals surface area contributed by atoms with E-state index in [1.54, 1.807) is 12.3 Å². The van der Waals surface area contributed by atoms with Crippen molar-refractivity contribution in [3.63, 3.8) is 0 Å². The Balaban J connectivity index is 1.36. The summed E-state index contributed by atoms with van der Waals surface area (Å²) in [6.07, 6.45) is 7.66. The summed E-state index contributed by atoms with van der Waals surface area (Å²) >= 11 is 0. The third kappa shape index (κ3) is 3.58. The summed E-state index contributed by atoms with van der Waals surface area (Å²) in [4.78, 5) is 19.9. The molecule has 2 aliphatic rings. The van der Waals surface area contributed by atoms with Gasteiger partial charge in [0.05, 0.1) is 24.0 Å². The first-order valence-corrected chi connectivity index (χ1v) is 9.05. The Morgan fingerprint density at radius 2 is 2.12 bits per heavy atom. The SMILES string of the molecule is O=C1NC(CCc2ncc(-c3cccc(F)c3)[nH]2)NC2CCCCC12. The van der Waals surface area contributed by atoms with Gasteiger partial charge in [-0.1, -0.05) is 25.0 Å². The first-order chi connectivity index (χ1) is 12.2. The topological polar surface area (TPSA) is 69.8 Å². The lowest BCUT2D eigenvalue weighted by atomic mass is 9.82. The Morgan fingerprint density at radius 3 is 3.00 bits per heavy atom. The first kappa shape index (κ1) is 16.3. The number of carbonyl (C=O) groups excluding carboxylic acids is 1. The number of imidazole rings is 1. The maximum Gasteiger partial charge on any atom is 0.225 e. The van der Waals surface area contributed by atoms with Gasteiger partial charge >= 0.3 is 0 Å². The third-order valence-electron chi connectivity index (χ3n) is 5.27. The van der Waals surface area contributed by atoms with E-state index in [9.17, 15) is 9.18 Å². The van der Waals surface area contributed by atoms with Gasteiger partial charge in [0.15, 0.2) is 0 Å². The average molecular weight is 342 g/mol. The van der Waals surface area contributed by atoms with Crippen LogP contribution in [0.15, 0.2) is 30.5 Å². The van der Waals surface area contributed by atoms with Crippen molar-refractivity contribution in [3.05, 3.63) is 42.1 Å². The zero-order valence-electron chi connectivity index (χ0n) is 14.1. The number of nitrogens with zero attached hydrogens (tertiary/aromatic N) is 1. The van der Waals surface area contributed by atoms with Gasteiger partial charge in [0.25, 0.3) is 0 Å². The molecule has 3 unspecified atom stereocenters. The van der Waals surface area contributed by atoms with Crippen LogP contribution in [0, 0.1) is 11.7 Å². The monoisotopic (exact) mass is 342 g/mol. The van der Waals surface area contributed by atoms with Crippen LogP contribution >= 0.6 is 0 Å². The number of amides is 1. The number of rotatable bonds is 4. The third-order valence-corrected chi connectivity index (χ3v) is 5.27. The van der Waals surface area contributed by atoms with E-state index in [1.165, 1.54) is 18.6 Å². The van der Waals surface area contributed by atoms with Gasteiger partial charge in [0.2, 0.25) is 5.91 Å². The van der Waals surface area contributed by atoms with E-state index in [0.717, 1.165) is 49.2 Å². The summed E-state index contributed by atoms with van der Waals surface area (Å²) in [7, 11) is 0. The lowest BCUT2D eigenvalue weighted by Gasteiger charge is -2.40. The van der Waals surface area contributed by atoms with Gasteiger partial charge in [-0.25, -0.2) is 9.37 Å². The van der Waals surface area contributed by atoms with Crippen LogP contribution in [0.5, 0.6) is 0 Å². The lowest BCUT2D eigenvalue weighted by Crippen LogP contribution is -2.62. The summed E-state index contributed by atoms with van der Waals surface area (Å²) in [6.45, 7) is 0. The highest BCUT2D eigenvalue weighted by Gasteiger charge is 2.36. The van der Waals surface area contributed by atoms with Gasteiger partial charge in [0.1, 0.15) is 11.6 Å². The molecule has 2 fully saturated rings. The van der Waals surface area contributed by atoms with Crippen molar-refractivity contribution in [1.82, 2.24) is 20.6 Å². The fourth-order valence-electron chi connectivity index (χ4n) is 3.95. The molecule has 2 aromatic rings. The standard InChI is InChI=1S/C19H23FN4O/c20-13-5-3-4-12(10-13)16-11-21-17(23-16)8-9-18-22-15-7-2-1-6-14(15)19(25)24-18/h3-5,10-11,14-15,18,22H,1-2,6-9H2,(H,21,23)(H,24,25). The van der Waals surface area contributed by atoms with Crippen LogP contribution in [0.1, 0.15) is 37.9 Å². The van der Waals surface area contributed by atoms with Crippen LogP contribution in [0.3, 0.4) is 0 Å². The second kappa shape index (κ2) is 6.96. The highest BCUT2D eigenvalue weighted by molar-refractivity contribution is 5.80. The Labute approximate surface area is 146 Å². The van der Waals surface area contributed by atoms with Gasteiger partial charge in [-0.2, -0.15) is 0 Å². The molecule has 1 saturated carbocycles. The molecule has 6 heteroatoms. The van der Waals surface area contributed by atoms with Crippen molar-refractivity contribution in [2.75, 3.05) is 0 Å². The number of fused-ring (bicyclic) bond motifs is 1. The zero-order chi connectivity index (χ0) is 17.2. The molecular formula is C19H23FN4O. The number of hydrogen-bond donors (Lipinski definition) is 3.